The molecule has 0 aliphatic heterocycles. The van der Waals surface area contributed by atoms with E-state index in [0.717, 1.165) is 16.5 Å². The third kappa shape index (κ3) is 2.45. The summed E-state index contributed by atoms with van der Waals surface area (Å²) in [5.74, 6) is -0.231. The van der Waals surface area contributed by atoms with E-state index in [1.54, 1.807) is 6.07 Å². The molecular formula is C13H15FN2O2. The highest BCUT2D eigenvalue weighted by Crippen LogP contribution is 2.26. The molecule has 0 aliphatic rings. The molecule has 0 spiro atoms. The lowest BCUT2D eigenvalue weighted by Gasteiger charge is -2.03. The molecular weight excluding hydrogens is 235 g/mol. The number of rotatable bonds is 4. The van der Waals surface area contributed by atoms with Crippen LogP contribution in [0.15, 0.2) is 18.3 Å². The van der Waals surface area contributed by atoms with Gasteiger partial charge in [-0.25, -0.2) is 4.39 Å². The Morgan fingerprint density at radius 2 is 2.28 bits per heavy atom. The van der Waals surface area contributed by atoms with Crippen LogP contribution >= 0.6 is 0 Å². The predicted molar refractivity (Wildman–Crippen MR) is 67.2 cm³/mol. The largest absolute Gasteiger partial charge is 0.494 e. The molecule has 0 fully saturated rings. The van der Waals surface area contributed by atoms with Crippen molar-refractivity contribution in [3.05, 3.63) is 29.7 Å². The highest BCUT2D eigenvalue weighted by Gasteiger charge is 2.09. The topological polar surface area (TPSA) is 54.1 Å². The van der Waals surface area contributed by atoms with Crippen molar-refractivity contribution in [2.45, 2.75) is 13.3 Å². The third-order valence-corrected chi connectivity index (χ3v) is 2.81. The van der Waals surface area contributed by atoms with Gasteiger partial charge >= 0.3 is 0 Å². The molecule has 5 heteroatoms. The van der Waals surface area contributed by atoms with E-state index >= 15 is 0 Å². The number of amides is 1. The minimum atomic E-state index is -0.384. The first-order chi connectivity index (χ1) is 8.61. The maximum atomic E-state index is 13.6. The molecule has 4 nitrogen and oxygen atoms in total. The van der Waals surface area contributed by atoms with E-state index < -0.39 is 0 Å². The van der Waals surface area contributed by atoms with Gasteiger partial charge in [0, 0.05) is 36.6 Å². The number of carbonyl (C=O) groups excluding carboxylic acids is 1. The molecule has 0 unspecified atom stereocenters. The van der Waals surface area contributed by atoms with Crippen molar-refractivity contribution in [3.63, 3.8) is 0 Å². The van der Waals surface area contributed by atoms with E-state index in [9.17, 15) is 9.18 Å². The van der Waals surface area contributed by atoms with Gasteiger partial charge in [-0.1, -0.05) is 0 Å². The fourth-order valence-corrected chi connectivity index (χ4v) is 1.92. The van der Waals surface area contributed by atoms with Crippen LogP contribution in [0.4, 0.5) is 4.39 Å². The molecule has 0 bridgehead atoms. The predicted octanol–water partition coefficient (Wildman–Crippen LogP) is 1.99. The van der Waals surface area contributed by atoms with Crippen LogP contribution < -0.4 is 10.1 Å². The molecule has 0 aliphatic carbocycles. The summed E-state index contributed by atoms with van der Waals surface area (Å²) < 4.78 is 18.5. The fourth-order valence-electron chi connectivity index (χ4n) is 1.92. The monoisotopic (exact) mass is 250 g/mol. The SMILES string of the molecule is COc1cc2[nH]cc(CCNC(C)=O)c2cc1F. The van der Waals surface area contributed by atoms with Gasteiger partial charge in [-0.3, -0.25) is 4.79 Å². The summed E-state index contributed by atoms with van der Waals surface area (Å²) in [6.07, 6.45) is 2.48. The number of benzene rings is 1. The van der Waals surface area contributed by atoms with Gasteiger partial charge in [-0.15, -0.1) is 0 Å². The van der Waals surface area contributed by atoms with Crippen molar-refractivity contribution < 1.29 is 13.9 Å². The number of hydrogen-bond donors (Lipinski definition) is 2. The summed E-state index contributed by atoms with van der Waals surface area (Å²) in [6, 6.07) is 3.08. The molecule has 2 aromatic rings. The van der Waals surface area contributed by atoms with Gasteiger partial charge in [0.15, 0.2) is 11.6 Å². The number of aromatic amines is 1. The molecule has 96 valence electrons. The van der Waals surface area contributed by atoms with Crippen molar-refractivity contribution in [2.24, 2.45) is 0 Å². The Kier molecular flexibility index (Phi) is 3.50. The first-order valence-electron chi connectivity index (χ1n) is 5.69. The number of ether oxygens (including phenoxy) is 1. The van der Waals surface area contributed by atoms with E-state index in [1.807, 2.05) is 6.20 Å². The smallest absolute Gasteiger partial charge is 0.216 e. The van der Waals surface area contributed by atoms with Gasteiger partial charge in [-0.2, -0.15) is 0 Å². The first-order valence-corrected chi connectivity index (χ1v) is 5.69. The van der Waals surface area contributed by atoms with Crippen molar-refractivity contribution in [1.82, 2.24) is 10.3 Å². The van der Waals surface area contributed by atoms with E-state index in [0.29, 0.717) is 13.0 Å². The standard InChI is InChI=1S/C13H15FN2O2/c1-8(17)15-4-3-9-7-16-12-6-13(18-2)11(14)5-10(9)12/h5-7,16H,3-4H2,1-2H3,(H,15,17). The van der Waals surface area contributed by atoms with Crippen LogP contribution in [0.1, 0.15) is 12.5 Å². The van der Waals surface area contributed by atoms with E-state index in [1.165, 1.54) is 20.1 Å². The Morgan fingerprint density at radius 1 is 1.50 bits per heavy atom. The van der Waals surface area contributed by atoms with Gasteiger partial charge in [0.2, 0.25) is 5.91 Å². The minimum Gasteiger partial charge on any atom is -0.494 e. The van der Waals surface area contributed by atoms with Gasteiger partial charge in [-0.05, 0) is 18.1 Å². The van der Waals surface area contributed by atoms with Crippen molar-refractivity contribution >= 4 is 16.8 Å². The fraction of sp³-hybridized carbons (Fsp3) is 0.308. The highest BCUT2D eigenvalue weighted by atomic mass is 19.1. The highest BCUT2D eigenvalue weighted by molar-refractivity contribution is 5.84. The summed E-state index contributed by atoms with van der Waals surface area (Å²) in [5.41, 5.74) is 1.80. The molecule has 0 saturated heterocycles. The Hall–Kier alpha value is -2.04. The number of fused-ring (bicyclic) bond motifs is 1. The Labute approximate surface area is 104 Å². The van der Waals surface area contributed by atoms with Crippen LogP contribution in [-0.2, 0) is 11.2 Å². The summed E-state index contributed by atoms with van der Waals surface area (Å²) in [5, 5.41) is 3.53. The third-order valence-electron chi connectivity index (χ3n) is 2.81. The number of aromatic nitrogens is 1. The number of H-pyrrole nitrogens is 1. The van der Waals surface area contributed by atoms with E-state index in [2.05, 4.69) is 10.3 Å². The Balaban J connectivity index is 2.24. The molecule has 0 saturated carbocycles. The number of methoxy groups -OCH3 is 1. The molecule has 1 aromatic heterocycles. The second-order valence-corrected chi connectivity index (χ2v) is 4.08. The lowest BCUT2D eigenvalue weighted by molar-refractivity contribution is -0.118. The van der Waals surface area contributed by atoms with Crippen LogP contribution in [0.2, 0.25) is 0 Å². The van der Waals surface area contributed by atoms with Gasteiger partial charge in [0.05, 0.1) is 7.11 Å². The number of hydrogen-bond acceptors (Lipinski definition) is 2. The van der Waals surface area contributed by atoms with E-state index in [4.69, 9.17) is 4.74 Å². The van der Waals surface area contributed by atoms with E-state index in [-0.39, 0.29) is 17.5 Å². The second-order valence-electron chi connectivity index (χ2n) is 4.08. The summed E-state index contributed by atoms with van der Waals surface area (Å²) in [4.78, 5) is 13.8. The van der Waals surface area contributed by atoms with Gasteiger partial charge in [0.25, 0.3) is 0 Å². The maximum Gasteiger partial charge on any atom is 0.216 e. The van der Waals surface area contributed by atoms with Crippen LogP contribution in [-0.4, -0.2) is 24.5 Å². The summed E-state index contributed by atoms with van der Waals surface area (Å²) >= 11 is 0. The molecule has 18 heavy (non-hydrogen) atoms. The quantitative estimate of drug-likeness (QED) is 0.872. The zero-order valence-corrected chi connectivity index (χ0v) is 10.3. The molecule has 0 atom stereocenters. The minimum absolute atomic E-state index is 0.0670. The molecule has 1 aromatic carbocycles. The Bertz CT molecular complexity index is 578. The van der Waals surface area contributed by atoms with Crippen LogP contribution in [0.25, 0.3) is 10.9 Å². The molecule has 0 radical (unpaired) electrons. The lowest BCUT2D eigenvalue weighted by atomic mass is 10.1. The van der Waals surface area contributed by atoms with Crippen molar-refractivity contribution in [3.8, 4) is 5.75 Å². The van der Waals surface area contributed by atoms with Gasteiger partial charge in [0.1, 0.15) is 0 Å². The molecule has 1 amide bonds. The zero-order valence-electron chi connectivity index (χ0n) is 10.3. The summed E-state index contributed by atoms with van der Waals surface area (Å²) in [7, 11) is 1.44. The van der Waals surface area contributed by atoms with Crippen LogP contribution in [0.3, 0.4) is 0 Å². The number of carbonyl (C=O) groups is 1. The lowest BCUT2D eigenvalue weighted by Crippen LogP contribution is -2.22. The van der Waals surface area contributed by atoms with Crippen LogP contribution in [0.5, 0.6) is 5.75 Å². The number of halogens is 1. The average molecular weight is 250 g/mol. The second kappa shape index (κ2) is 5.08. The molecule has 2 N–H and O–H groups in total. The normalized spacial score (nSPS) is 10.6. The van der Waals surface area contributed by atoms with Crippen LogP contribution in [0, 0.1) is 5.82 Å². The maximum absolute atomic E-state index is 13.6. The Morgan fingerprint density at radius 3 is 2.94 bits per heavy atom. The van der Waals surface area contributed by atoms with Crippen molar-refractivity contribution in [2.75, 3.05) is 13.7 Å². The zero-order chi connectivity index (χ0) is 13.1. The van der Waals surface area contributed by atoms with Crippen molar-refractivity contribution in [1.29, 1.82) is 0 Å². The number of nitrogens with one attached hydrogen (secondary N) is 2. The van der Waals surface area contributed by atoms with Gasteiger partial charge < -0.3 is 15.0 Å². The molecule has 1 heterocycles. The summed E-state index contributed by atoms with van der Waals surface area (Å²) in [6.45, 7) is 2.01. The average Bonchev–Trinajstić information content (AvgIpc) is 2.70. The first kappa shape index (κ1) is 12.4. The molecule has 2 rings (SSSR count).